The van der Waals surface area contributed by atoms with Gasteiger partial charge in [-0.15, -0.1) is 10.2 Å². The number of carbonyl (C=O) groups is 1. The number of carbonyl (C=O) groups excluding carboxylic acids is 1. The van der Waals surface area contributed by atoms with Crippen molar-refractivity contribution in [2.45, 2.75) is 25.5 Å². The molecular weight excluding hydrogens is 448 g/mol. The van der Waals surface area contributed by atoms with Gasteiger partial charge in [0, 0.05) is 27.3 Å². The van der Waals surface area contributed by atoms with Gasteiger partial charge >= 0.3 is 0 Å². The molecule has 1 amide bonds. The molecule has 0 aliphatic carbocycles. The first-order chi connectivity index (χ1) is 13.0. The zero-order valence-corrected chi connectivity index (χ0v) is 18.0. The van der Waals surface area contributed by atoms with Gasteiger partial charge in [-0.3, -0.25) is 4.79 Å². The minimum absolute atomic E-state index is 0.115. The van der Waals surface area contributed by atoms with E-state index < -0.39 is 0 Å². The number of anilines is 1. The van der Waals surface area contributed by atoms with E-state index in [9.17, 15) is 4.79 Å². The molecule has 27 heavy (non-hydrogen) atoms. The maximum Gasteiger partial charge on any atom is 0.234 e. The lowest BCUT2D eigenvalue weighted by molar-refractivity contribution is -0.113. The van der Waals surface area contributed by atoms with Crippen molar-refractivity contribution >= 4 is 50.9 Å². The molecule has 0 saturated heterocycles. The molecule has 0 saturated carbocycles. The minimum Gasteiger partial charge on any atom is -0.325 e. The molecule has 0 spiro atoms. The van der Waals surface area contributed by atoms with Crippen LogP contribution >= 0.6 is 39.3 Å². The predicted octanol–water partition coefficient (Wildman–Crippen LogP) is 5.42. The number of nitrogens with zero attached hydrogens (tertiary/aromatic N) is 3. The van der Waals surface area contributed by atoms with Gasteiger partial charge in [0.05, 0.1) is 5.75 Å². The molecule has 5 nitrogen and oxygen atoms in total. The Morgan fingerprint density at radius 2 is 1.96 bits per heavy atom. The Balaban J connectivity index is 1.68. The van der Waals surface area contributed by atoms with Gasteiger partial charge in [-0.1, -0.05) is 57.5 Å². The van der Waals surface area contributed by atoms with Crippen LogP contribution in [0.15, 0.2) is 52.1 Å². The van der Waals surface area contributed by atoms with E-state index in [2.05, 4.69) is 31.4 Å². The van der Waals surface area contributed by atoms with E-state index in [0.29, 0.717) is 15.9 Å². The zero-order chi connectivity index (χ0) is 19.4. The summed E-state index contributed by atoms with van der Waals surface area (Å²) in [5.74, 6) is 0.915. The molecule has 0 aliphatic heterocycles. The predicted molar refractivity (Wildman–Crippen MR) is 114 cm³/mol. The van der Waals surface area contributed by atoms with Gasteiger partial charge < -0.3 is 9.88 Å². The third-order valence-electron chi connectivity index (χ3n) is 3.92. The van der Waals surface area contributed by atoms with Crippen molar-refractivity contribution in [1.29, 1.82) is 0 Å². The SMILES string of the molecule is CCn1c(SCC(=O)Nc2ccc(C)c(Cl)c2)nnc1-c1ccc(Br)cc1. The summed E-state index contributed by atoms with van der Waals surface area (Å²) in [5.41, 5.74) is 2.64. The topological polar surface area (TPSA) is 59.8 Å². The van der Waals surface area contributed by atoms with Crippen LogP contribution < -0.4 is 5.32 Å². The first-order valence-electron chi connectivity index (χ1n) is 8.36. The Morgan fingerprint density at radius 3 is 2.63 bits per heavy atom. The van der Waals surface area contributed by atoms with Gasteiger partial charge in [-0.2, -0.15) is 0 Å². The summed E-state index contributed by atoms with van der Waals surface area (Å²) >= 11 is 10.9. The third-order valence-corrected chi connectivity index (χ3v) is 5.83. The van der Waals surface area contributed by atoms with E-state index in [1.54, 1.807) is 6.07 Å². The molecule has 8 heteroatoms. The van der Waals surface area contributed by atoms with Crippen molar-refractivity contribution in [3.05, 3.63) is 57.5 Å². The fourth-order valence-electron chi connectivity index (χ4n) is 2.49. The Morgan fingerprint density at radius 1 is 1.22 bits per heavy atom. The summed E-state index contributed by atoms with van der Waals surface area (Å²) in [7, 11) is 0. The number of hydrogen-bond acceptors (Lipinski definition) is 4. The van der Waals surface area contributed by atoms with Crippen molar-refractivity contribution in [3.63, 3.8) is 0 Å². The quantitative estimate of drug-likeness (QED) is 0.494. The van der Waals surface area contributed by atoms with E-state index in [-0.39, 0.29) is 11.7 Å². The van der Waals surface area contributed by atoms with Crippen LogP contribution in [0.1, 0.15) is 12.5 Å². The maximum absolute atomic E-state index is 12.3. The molecule has 0 fully saturated rings. The van der Waals surface area contributed by atoms with E-state index in [4.69, 9.17) is 11.6 Å². The molecule has 1 N–H and O–H groups in total. The molecule has 2 aromatic carbocycles. The number of thioether (sulfide) groups is 1. The molecule has 3 aromatic rings. The van der Waals surface area contributed by atoms with Crippen molar-refractivity contribution < 1.29 is 4.79 Å². The molecule has 0 radical (unpaired) electrons. The average Bonchev–Trinajstić information content (AvgIpc) is 3.06. The van der Waals surface area contributed by atoms with Crippen molar-refractivity contribution in [2.24, 2.45) is 0 Å². The van der Waals surface area contributed by atoms with Crippen molar-refractivity contribution in [1.82, 2.24) is 14.8 Å². The van der Waals surface area contributed by atoms with Gasteiger partial charge in [-0.25, -0.2) is 0 Å². The summed E-state index contributed by atoms with van der Waals surface area (Å²) in [6.45, 7) is 4.67. The smallest absolute Gasteiger partial charge is 0.234 e. The fourth-order valence-corrected chi connectivity index (χ4v) is 3.74. The Bertz CT molecular complexity index is 959. The lowest BCUT2D eigenvalue weighted by Gasteiger charge is -2.08. The monoisotopic (exact) mass is 464 g/mol. The molecular formula is C19H18BrClN4OS. The molecule has 0 unspecified atom stereocenters. The summed E-state index contributed by atoms with van der Waals surface area (Å²) in [6, 6.07) is 13.4. The number of aryl methyl sites for hydroxylation is 1. The molecule has 3 rings (SSSR count). The second-order valence-corrected chi connectivity index (χ2v) is 8.12. The van der Waals surface area contributed by atoms with Gasteiger partial charge in [0.25, 0.3) is 0 Å². The largest absolute Gasteiger partial charge is 0.325 e. The van der Waals surface area contributed by atoms with Crippen LogP contribution in [0.5, 0.6) is 0 Å². The standard InChI is InChI=1S/C19H18BrClN4OS/c1-3-25-18(13-5-7-14(20)8-6-13)23-24-19(25)27-11-17(26)22-15-9-4-12(2)16(21)10-15/h4-10H,3,11H2,1-2H3,(H,22,26). The highest BCUT2D eigenvalue weighted by Crippen LogP contribution is 2.25. The van der Waals surface area contributed by atoms with E-state index in [1.807, 2.05) is 54.8 Å². The van der Waals surface area contributed by atoms with Crippen LogP contribution in [0.4, 0.5) is 5.69 Å². The number of benzene rings is 2. The van der Waals surface area contributed by atoms with Crippen LogP contribution in [-0.2, 0) is 11.3 Å². The second kappa shape index (κ2) is 8.91. The highest BCUT2D eigenvalue weighted by atomic mass is 79.9. The van der Waals surface area contributed by atoms with Gasteiger partial charge in [-0.05, 0) is 43.7 Å². The van der Waals surface area contributed by atoms with Crippen LogP contribution in [-0.4, -0.2) is 26.4 Å². The number of rotatable bonds is 6. The van der Waals surface area contributed by atoms with E-state index in [1.165, 1.54) is 11.8 Å². The number of hydrogen-bond donors (Lipinski definition) is 1. The Labute approximate surface area is 175 Å². The molecule has 0 aliphatic rings. The highest BCUT2D eigenvalue weighted by molar-refractivity contribution is 9.10. The normalized spacial score (nSPS) is 10.8. The average molecular weight is 466 g/mol. The third kappa shape index (κ3) is 4.91. The van der Waals surface area contributed by atoms with Gasteiger partial charge in [0.1, 0.15) is 0 Å². The zero-order valence-electron chi connectivity index (χ0n) is 14.9. The minimum atomic E-state index is -0.115. The number of amides is 1. The number of halogens is 2. The maximum atomic E-state index is 12.3. The fraction of sp³-hybridized carbons (Fsp3) is 0.211. The lowest BCUT2D eigenvalue weighted by atomic mass is 10.2. The van der Waals surface area contributed by atoms with Crippen LogP contribution in [0, 0.1) is 6.92 Å². The Hall–Kier alpha value is -1.83. The van der Waals surface area contributed by atoms with Crippen molar-refractivity contribution in [2.75, 3.05) is 11.1 Å². The number of nitrogens with one attached hydrogen (secondary N) is 1. The molecule has 1 aromatic heterocycles. The Kier molecular flexibility index (Phi) is 6.57. The molecule has 1 heterocycles. The second-order valence-electron chi connectivity index (χ2n) is 5.86. The lowest BCUT2D eigenvalue weighted by Crippen LogP contribution is -2.14. The summed E-state index contributed by atoms with van der Waals surface area (Å²) in [4.78, 5) is 12.3. The molecule has 0 bridgehead atoms. The van der Waals surface area contributed by atoms with Gasteiger partial charge in [0.15, 0.2) is 11.0 Å². The first kappa shape index (κ1) is 19.9. The number of aromatic nitrogens is 3. The van der Waals surface area contributed by atoms with E-state index >= 15 is 0 Å². The summed E-state index contributed by atoms with van der Waals surface area (Å²) in [6.07, 6.45) is 0. The summed E-state index contributed by atoms with van der Waals surface area (Å²) in [5, 5.41) is 12.8. The highest BCUT2D eigenvalue weighted by Gasteiger charge is 2.14. The molecule has 140 valence electrons. The van der Waals surface area contributed by atoms with Gasteiger partial charge in [0.2, 0.25) is 5.91 Å². The molecule has 0 atom stereocenters. The van der Waals surface area contributed by atoms with Crippen LogP contribution in [0.25, 0.3) is 11.4 Å². The van der Waals surface area contributed by atoms with Crippen LogP contribution in [0.2, 0.25) is 5.02 Å². The van der Waals surface area contributed by atoms with Crippen LogP contribution in [0.3, 0.4) is 0 Å². The van der Waals surface area contributed by atoms with Crippen molar-refractivity contribution in [3.8, 4) is 11.4 Å². The van der Waals surface area contributed by atoms with E-state index in [0.717, 1.165) is 28.0 Å². The summed E-state index contributed by atoms with van der Waals surface area (Å²) < 4.78 is 3.01. The first-order valence-corrected chi connectivity index (χ1v) is 10.5.